The summed E-state index contributed by atoms with van der Waals surface area (Å²) in [5.74, 6) is 1.41. The molecule has 0 aliphatic rings. The van der Waals surface area contributed by atoms with Crippen LogP contribution in [0.15, 0.2) is 42.5 Å². The van der Waals surface area contributed by atoms with Crippen molar-refractivity contribution in [3.8, 4) is 28.7 Å². The van der Waals surface area contributed by atoms with E-state index >= 15 is 0 Å². The molecule has 0 atom stereocenters. The van der Waals surface area contributed by atoms with Gasteiger partial charge in [-0.2, -0.15) is 0 Å². The van der Waals surface area contributed by atoms with Crippen molar-refractivity contribution in [3.05, 3.63) is 42.5 Å². The molecule has 0 fully saturated rings. The van der Waals surface area contributed by atoms with Crippen molar-refractivity contribution < 1.29 is 24.4 Å². The number of benzene rings is 2. The molecule has 0 spiro atoms. The maximum atomic E-state index is 9.58. The van der Waals surface area contributed by atoms with Crippen LogP contribution in [0.25, 0.3) is 0 Å². The molecule has 2 rings (SSSR count). The van der Waals surface area contributed by atoms with Gasteiger partial charge in [-0.1, -0.05) is 18.2 Å². The van der Waals surface area contributed by atoms with Crippen LogP contribution in [-0.4, -0.2) is 30.5 Å². The van der Waals surface area contributed by atoms with Crippen LogP contribution < -0.4 is 14.2 Å². The lowest BCUT2D eigenvalue weighted by atomic mass is 10.3. The first kappa shape index (κ1) is 15.8. The highest BCUT2D eigenvalue weighted by atomic mass is 16.5. The third-order valence-electron chi connectivity index (χ3n) is 3.09. The van der Waals surface area contributed by atoms with Crippen molar-refractivity contribution in [2.75, 3.05) is 20.3 Å². The molecule has 118 valence electrons. The van der Waals surface area contributed by atoms with E-state index in [2.05, 4.69) is 0 Å². The lowest BCUT2D eigenvalue weighted by Crippen LogP contribution is -2.03. The summed E-state index contributed by atoms with van der Waals surface area (Å²) in [7, 11) is 1.61. The highest BCUT2D eigenvalue weighted by Gasteiger charge is 2.07. The molecular weight excluding hydrogens is 284 g/mol. The molecule has 0 aliphatic heterocycles. The van der Waals surface area contributed by atoms with Gasteiger partial charge in [-0.05, 0) is 37.1 Å². The van der Waals surface area contributed by atoms with Gasteiger partial charge in [-0.25, -0.2) is 0 Å². The zero-order valence-electron chi connectivity index (χ0n) is 12.5. The van der Waals surface area contributed by atoms with E-state index in [1.807, 2.05) is 24.3 Å². The van der Waals surface area contributed by atoms with E-state index in [9.17, 15) is 10.2 Å². The number of unbranched alkanes of at least 4 members (excludes halogenated alkanes) is 1. The maximum absolute atomic E-state index is 9.58. The topological polar surface area (TPSA) is 68.2 Å². The van der Waals surface area contributed by atoms with Crippen LogP contribution >= 0.6 is 0 Å². The molecule has 5 heteroatoms. The Bertz CT molecular complexity index is 577. The molecule has 0 aliphatic carbocycles. The van der Waals surface area contributed by atoms with Gasteiger partial charge in [0.1, 0.15) is 0 Å². The molecule has 0 radical (unpaired) electrons. The minimum atomic E-state index is -0.0646. The van der Waals surface area contributed by atoms with Crippen molar-refractivity contribution in [2.45, 2.75) is 12.8 Å². The SMILES string of the molecule is COc1ccccc1OCCCCOc1c(O)cccc1O. The fourth-order valence-electron chi connectivity index (χ4n) is 1.96. The second-order valence-electron chi connectivity index (χ2n) is 4.68. The molecule has 0 saturated heterocycles. The molecule has 0 heterocycles. The van der Waals surface area contributed by atoms with E-state index in [1.165, 1.54) is 12.1 Å². The second kappa shape index (κ2) is 8.02. The van der Waals surface area contributed by atoms with Gasteiger partial charge in [-0.15, -0.1) is 0 Å². The van der Waals surface area contributed by atoms with Gasteiger partial charge in [0.05, 0.1) is 20.3 Å². The molecular formula is C17H20O5. The fraction of sp³-hybridized carbons (Fsp3) is 0.294. The van der Waals surface area contributed by atoms with Crippen LogP contribution in [0.3, 0.4) is 0 Å². The number of rotatable bonds is 8. The maximum Gasteiger partial charge on any atom is 0.203 e. The van der Waals surface area contributed by atoms with Crippen LogP contribution in [0.4, 0.5) is 0 Å². The third kappa shape index (κ3) is 4.22. The fourth-order valence-corrected chi connectivity index (χ4v) is 1.96. The van der Waals surface area contributed by atoms with Gasteiger partial charge >= 0.3 is 0 Å². The van der Waals surface area contributed by atoms with Gasteiger partial charge in [-0.3, -0.25) is 0 Å². The molecule has 0 bridgehead atoms. The number of phenols is 2. The van der Waals surface area contributed by atoms with E-state index in [0.717, 1.165) is 12.8 Å². The summed E-state index contributed by atoms with van der Waals surface area (Å²) in [5.41, 5.74) is 0. The van der Waals surface area contributed by atoms with E-state index < -0.39 is 0 Å². The standard InChI is InChI=1S/C17H20O5/c1-20-15-9-2-3-10-16(15)21-11-4-5-12-22-17-13(18)7-6-8-14(17)19/h2-3,6-10,18-19H,4-5,11-12H2,1H3. The highest BCUT2D eigenvalue weighted by molar-refractivity contribution is 5.49. The van der Waals surface area contributed by atoms with Gasteiger partial charge in [0.25, 0.3) is 0 Å². The number of para-hydroxylation sites is 3. The molecule has 22 heavy (non-hydrogen) atoms. The average molecular weight is 304 g/mol. The van der Waals surface area contributed by atoms with E-state index in [1.54, 1.807) is 13.2 Å². The van der Waals surface area contributed by atoms with Crippen molar-refractivity contribution in [2.24, 2.45) is 0 Å². The summed E-state index contributed by atoms with van der Waals surface area (Å²) in [6.45, 7) is 0.927. The Labute approximate surface area is 129 Å². The summed E-state index contributed by atoms with van der Waals surface area (Å²) in [4.78, 5) is 0. The molecule has 0 saturated carbocycles. The Balaban J connectivity index is 1.70. The van der Waals surface area contributed by atoms with Gasteiger partial charge < -0.3 is 24.4 Å². The quantitative estimate of drug-likeness (QED) is 0.732. The molecule has 2 aromatic carbocycles. The van der Waals surface area contributed by atoms with E-state index in [4.69, 9.17) is 14.2 Å². The number of phenolic OH excluding ortho intramolecular Hbond substituents is 2. The van der Waals surface area contributed by atoms with E-state index in [-0.39, 0.29) is 17.2 Å². The minimum absolute atomic E-state index is 0.0646. The Morgan fingerprint density at radius 2 is 1.36 bits per heavy atom. The Morgan fingerprint density at radius 3 is 2.00 bits per heavy atom. The van der Waals surface area contributed by atoms with Crippen molar-refractivity contribution in [3.63, 3.8) is 0 Å². The molecule has 0 aromatic heterocycles. The molecule has 2 aromatic rings. The Morgan fingerprint density at radius 1 is 0.773 bits per heavy atom. The van der Waals surface area contributed by atoms with Crippen LogP contribution in [0.1, 0.15) is 12.8 Å². The predicted octanol–water partition coefficient (Wildman–Crippen LogP) is 3.34. The summed E-state index contributed by atoms with van der Waals surface area (Å²) < 4.78 is 16.2. The highest BCUT2D eigenvalue weighted by Crippen LogP contribution is 2.35. The van der Waals surface area contributed by atoms with Crippen LogP contribution in [0, 0.1) is 0 Å². The smallest absolute Gasteiger partial charge is 0.203 e. The number of hydrogen-bond donors (Lipinski definition) is 2. The summed E-state index contributed by atoms with van der Waals surface area (Å²) >= 11 is 0. The number of methoxy groups -OCH3 is 1. The molecule has 5 nitrogen and oxygen atoms in total. The van der Waals surface area contributed by atoms with Crippen molar-refractivity contribution in [1.29, 1.82) is 0 Å². The first-order chi connectivity index (χ1) is 10.7. The van der Waals surface area contributed by atoms with Gasteiger partial charge in [0.2, 0.25) is 5.75 Å². The summed E-state index contributed by atoms with van der Waals surface area (Å²) in [6.07, 6.45) is 1.52. The second-order valence-corrected chi connectivity index (χ2v) is 4.68. The zero-order valence-corrected chi connectivity index (χ0v) is 12.5. The largest absolute Gasteiger partial charge is 0.504 e. The molecule has 2 N–H and O–H groups in total. The minimum Gasteiger partial charge on any atom is -0.504 e. The Hall–Kier alpha value is -2.56. The molecule has 0 unspecified atom stereocenters. The first-order valence-corrected chi connectivity index (χ1v) is 7.12. The van der Waals surface area contributed by atoms with Crippen LogP contribution in [-0.2, 0) is 0 Å². The predicted molar refractivity (Wildman–Crippen MR) is 83.0 cm³/mol. The normalized spacial score (nSPS) is 10.2. The monoisotopic (exact) mass is 304 g/mol. The van der Waals surface area contributed by atoms with Crippen LogP contribution in [0.5, 0.6) is 28.7 Å². The number of aromatic hydroxyl groups is 2. The van der Waals surface area contributed by atoms with Gasteiger partial charge in [0, 0.05) is 0 Å². The summed E-state index contributed by atoms with van der Waals surface area (Å²) in [6, 6.07) is 12.0. The lowest BCUT2D eigenvalue weighted by molar-refractivity contribution is 0.247. The molecule has 0 amide bonds. The first-order valence-electron chi connectivity index (χ1n) is 7.12. The van der Waals surface area contributed by atoms with E-state index in [0.29, 0.717) is 24.7 Å². The van der Waals surface area contributed by atoms with Crippen molar-refractivity contribution >= 4 is 0 Å². The van der Waals surface area contributed by atoms with Gasteiger partial charge in [0.15, 0.2) is 23.0 Å². The lowest BCUT2D eigenvalue weighted by Gasteiger charge is -2.11. The van der Waals surface area contributed by atoms with Crippen LogP contribution in [0.2, 0.25) is 0 Å². The summed E-state index contributed by atoms with van der Waals surface area (Å²) in [5, 5.41) is 19.2. The number of hydrogen-bond acceptors (Lipinski definition) is 5. The zero-order chi connectivity index (χ0) is 15.8. The van der Waals surface area contributed by atoms with Crippen molar-refractivity contribution in [1.82, 2.24) is 0 Å². The Kier molecular flexibility index (Phi) is 5.77. The number of ether oxygens (including phenoxy) is 3. The third-order valence-corrected chi connectivity index (χ3v) is 3.09. The average Bonchev–Trinajstić information content (AvgIpc) is 2.53.